The average Bonchev–Trinajstić information content (AvgIpc) is 2.51. The van der Waals surface area contributed by atoms with Gasteiger partial charge in [-0.3, -0.25) is 4.72 Å². The second-order valence-corrected chi connectivity index (χ2v) is 7.54. The molecule has 1 heterocycles. The Bertz CT molecular complexity index is 761. The summed E-state index contributed by atoms with van der Waals surface area (Å²) in [6.07, 6.45) is 2.96. The van der Waals surface area contributed by atoms with E-state index in [1.54, 1.807) is 12.1 Å². The van der Waals surface area contributed by atoms with E-state index in [1.165, 1.54) is 6.20 Å². The topological polar surface area (TPSA) is 71.1 Å². The molecule has 0 aliphatic heterocycles. The zero-order valence-corrected chi connectivity index (χ0v) is 14.7. The third kappa shape index (κ3) is 5.41. The number of nitrogens with one attached hydrogen (secondary N) is 2. The molecule has 1 aromatic heterocycles. The maximum atomic E-state index is 11.8. The molecule has 5 nitrogen and oxygen atoms in total. The van der Waals surface area contributed by atoms with Gasteiger partial charge in [0.1, 0.15) is 5.82 Å². The molecule has 7 heteroatoms. The lowest BCUT2D eigenvalue weighted by Crippen LogP contribution is -2.16. The number of halogens is 1. The van der Waals surface area contributed by atoms with Gasteiger partial charge in [-0.1, -0.05) is 31.0 Å². The van der Waals surface area contributed by atoms with Crippen molar-refractivity contribution in [1.82, 2.24) is 4.98 Å². The number of aromatic nitrogens is 1. The number of nitrogens with zero attached hydrogens (tertiary/aromatic N) is 1. The molecule has 0 aliphatic carbocycles. The SMILES string of the molecule is CCCCS(=O)(=O)Nc1ccc(Nc2ccc(C)c(Cl)c2)nc1. The summed E-state index contributed by atoms with van der Waals surface area (Å²) in [6.45, 7) is 3.89. The van der Waals surface area contributed by atoms with Crippen molar-refractivity contribution in [2.75, 3.05) is 15.8 Å². The second-order valence-electron chi connectivity index (χ2n) is 5.30. The highest BCUT2D eigenvalue weighted by atomic mass is 35.5. The first-order valence-electron chi connectivity index (χ1n) is 7.39. The van der Waals surface area contributed by atoms with Gasteiger partial charge in [0, 0.05) is 10.7 Å². The van der Waals surface area contributed by atoms with E-state index in [2.05, 4.69) is 15.0 Å². The van der Waals surface area contributed by atoms with Crippen molar-refractivity contribution >= 4 is 38.8 Å². The lowest BCUT2D eigenvalue weighted by atomic mass is 10.2. The molecule has 2 rings (SSSR count). The molecule has 0 saturated carbocycles. The minimum absolute atomic E-state index is 0.116. The zero-order valence-electron chi connectivity index (χ0n) is 13.1. The summed E-state index contributed by atoms with van der Waals surface area (Å²) in [5.41, 5.74) is 2.28. The Hall–Kier alpha value is -1.79. The maximum Gasteiger partial charge on any atom is 0.232 e. The molecule has 0 aliphatic rings. The Morgan fingerprint density at radius 2 is 1.91 bits per heavy atom. The zero-order chi connectivity index (χ0) is 16.9. The molecule has 0 radical (unpaired) electrons. The summed E-state index contributed by atoms with van der Waals surface area (Å²) in [5, 5.41) is 3.80. The summed E-state index contributed by atoms with van der Waals surface area (Å²) in [6, 6.07) is 9.03. The van der Waals surface area contributed by atoms with Gasteiger partial charge in [-0.15, -0.1) is 0 Å². The van der Waals surface area contributed by atoms with Crippen LogP contribution >= 0.6 is 11.6 Å². The van der Waals surface area contributed by atoms with Crippen LogP contribution in [-0.4, -0.2) is 19.2 Å². The molecule has 0 spiro atoms. The summed E-state index contributed by atoms with van der Waals surface area (Å²) < 4.78 is 26.2. The third-order valence-corrected chi connectivity index (χ3v) is 5.03. The van der Waals surface area contributed by atoms with E-state index < -0.39 is 10.0 Å². The van der Waals surface area contributed by atoms with Crippen LogP contribution in [0.5, 0.6) is 0 Å². The summed E-state index contributed by atoms with van der Waals surface area (Å²) in [5.74, 6) is 0.729. The van der Waals surface area contributed by atoms with Gasteiger partial charge in [0.15, 0.2) is 0 Å². The number of benzene rings is 1. The predicted molar refractivity (Wildman–Crippen MR) is 96.0 cm³/mol. The Morgan fingerprint density at radius 3 is 2.52 bits per heavy atom. The van der Waals surface area contributed by atoms with Crippen molar-refractivity contribution in [3.05, 3.63) is 47.1 Å². The van der Waals surface area contributed by atoms with Crippen molar-refractivity contribution < 1.29 is 8.42 Å². The molecule has 0 atom stereocenters. The van der Waals surface area contributed by atoms with Crippen molar-refractivity contribution in [2.45, 2.75) is 26.7 Å². The molecule has 124 valence electrons. The van der Waals surface area contributed by atoms with Crippen LogP contribution in [0.3, 0.4) is 0 Å². The van der Waals surface area contributed by atoms with E-state index in [0.29, 0.717) is 22.9 Å². The van der Waals surface area contributed by atoms with Gasteiger partial charge in [0.2, 0.25) is 10.0 Å². The van der Waals surface area contributed by atoms with Gasteiger partial charge < -0.3 is 5.32 Å². The summed E-state index contributed by atoms with van der Waals surface area (Å²) >= 11 is 6.08. The molecule has 0 fully saturated rings. The Morgan fingerprint density at radius 1 is 1.17 bits per heavy atom. The van der Waals surface area contributed by atoms with E-state index in [0.717, 1.165) is 17.7 Å². The Kier molecular flexibility index (Phi) is 5.85. The molecular weight excluding hydrogens is 334 g/mol. The quantitative estimate of drug-likeness (QED) is 0.777. The highest BCUT2D eigenvalue weighted by Crippen LogP contribution is 2.23. The normalized spacial score (nSPS) is 11.3. The second kappa shape index (κ2) is 7.66. The minimum Gasteiger partial charge on any atom is -0.340 e. The number of aryl methyl sites for hydroxylation is 1. The summed E-state index contributed by atoms with van der Waals surface area (Å²) in [4.78, 5) is 4.21. The van der Waals surface area contributed by atoms with Gasteiger partial charge in [-0.25, -0.2) is 13.4 Å². The van der Waals surface area contributed by atoms with Crippen LogP contribution in [0.25, 0.3) is 0 Å². The van der Waals surface area contributed by atoms with Crippen LogP contribution < -0.4 is 10.0 Å². The van der Waals surface area contributed by atoms with Crippen LogP contribution in [0.1, 0.15) is 25.3 Å². The average molecular weight is 354 g/mol. The highest BCUT2D eigenvalue weighted by Gasteiger charge is 2.09. The van der Waals surface area contributed by atoms with E-state index >= 15 is 0 Å². The van der Waals surface area contributed by atoms with Gasteiger partial charge in [-0.2, -0.15) is 0 Å². The predicted octanol–water partition coefficient (Wildman–Crippen LogP) is 4.33. The van der Waals surface area contributed by atoms with E-state index in [-0.39, 0.29) is 5.75 Å². The summed E-state index contributed by atoms with van der Waals surface area (Å²) in [7, 11) is -3.31. The van der Waals surface area contributed by atoms with E-state index in [9.17, 15) is 8.42 Å². The number of anilines is 3. The third-order valence-electron chi connectivity index (χ3n) is 3.25. The number of hydrogen-bond donors (Lipinski definition) is 2. The number of rotatable bonds is 7. The largest absolute Gasteiger partial charge is 0.340 e. The highest BCUT2D eigenvalue weighted by molar-refractivity contribution is 7.92. The molecule has 0 unspecified atom stereocenters. The van der Waals surface area contributed by atoms with Gasteiger partial charge in [-0.05, 0) is 43.2 Å². The molecule has 0 saturated heterocycles. The first kappa shape index (κ1) is 17.6. The van der Waals surface area contributed by atoms with E-state index in [4.69, 9.17) is 11.6 Å². The van der Waals surface area contributed by atoms with Crippen molar-refractivity contribution in [3.8, 4) is 0 Å². The van der Waals surface area contributed by atoms with Crippen LogP contribution in [0, 0.1) is 6.92 Å². The van der Waals surface area contributed by atoms with Crippen LogP contribution in [0.4, 0.5) is 17.2 Å². The van der Waals surface area contributed by atoms with Gasteiger partial charge in [0.05, 0.1) is 17.6 Å². The molecule has 23 heavy (non-hydrogen) atoms. The molecule has 2 aromatic rings. The van der Waals surface area contributed by atoms with Crippen molar-refractivity contribution in [3.63, 3.8) is 0 Å². The van der Waals surface area contributed by atoms with Crippen molar-refractivity contribution in [2.24, 2.45) is 0 Å². The first-order valence-corrected chi connectivity index (χ1v) is 9.42. The smallest absolute Gasteiger partial charge is 0.232 e. The van der Waals surface area contributed by atoms with Gasteiger partial charge >= 0.3 is 0 Å². The minimum atomic E-state index is -3.31. The molecular formula is C16H20ClN3O2S. The van der Waals surface area contributed by atoms with E-state index in [1.807, 2.05) is 32.0 Å². The fourth-order valence-electron chi connectivity index (χ4n) is 1.91. The number of unbranched alkanes of at least 4 members (excludes halogenated alkanes) is 1. The number of pyridine rings is 1. The molecule has 0 amide bonds. The van der Waals surface area contributed by atoms with Crippen LogP contribution in [-0.2, 0) is 10.0 Å². The number of sulfonamides is 1. The monoisotopic (exact) mass is 353 g/mol. The Balaban J connectivity index is 2.03. The lowest BCUT2D eigenvalue weighted by molar-refractivity contribution is 0.598. The molecule has 1 aromatic carbocycles. The fourth-order valence-corrected chi connectivity index (χ4v) is 3.34. The van der Waals surface area contributed by atoms with Gasteiger partial charge in [0.25, 0.3) is 0 Å². The van der Waals surface area contributed by atoms with Crippen LogP contribution in [0.15, 0.2) is 36.5 Å². The maximum absolute atomic E-state index is 11.8. The fraction of sp³-hybridized carbons (Fsp3) is 0.312. The molecule has 0 bridgehead atoms. The number of hydrogen-bond acceptors (Lipinski definition) is 4. The first-order chi connectivity index (χ1) is 10.9. The Labute approximate surface area is 142 Å². The van der Waals surface area contributed by atoms with Crippen molar-refractivity contribution in [1.29, 1.82) is 0 Å². The van der Waals surface area contributed by atoms with Crippen LogP contribution in [0.2, 0.25) is 5.02 Å². The standard InChI is InChI=1S/C16H20ClN3O2S/c1-3-4-9-23(21,22)20-14-7-8-16(18-11-14)19-13-6-5-12(2)15(17)10-13/h5-8,10-11,20H,3-4,9H2,1-2H3,(H,18,19). The lowest BCUT2D eigenvalue weighted by Gasteiger charge is -2.10. The molecule has 2 N–H and O–H groups in total.